The topological polar surface area (TPSA) is 72.0 Å². The lowest BCUT2D eigenvalue weighted by Crippen LogP contribution is -2.57. The Hall–Kier alpha value is -3.09. The Balaban J connectivity index is 1.84. The monoisotopic (exact) mass is 369 g/mol. The van der Waals surface area contributed by atoms with Gasteiger partial charge in [-0.2, -0.15) is 0 Å². The number of pyridine rings is 1. The van der Waals surface area contributed by atoms with Gasteiger partial charge in [-0.1, -0.05) is 6.07 Å². The van der Waals surface area contributed by atoms with E-state index in [-0.39, 0.29) is 11.8 Å². The summed E-state index contributed by atoms with van der Waals surface area (Å²) in [5, 5.41) is 0. The van der Waals surface area contributed by atoms with Crippen LogP contribution >= 0.6 is 0 Å². The van der Waals surface area contributed by atoms with Crippen LogP contribution in [0.5, 0.6) is 11.5 Å². The van der Waals surface area contributed by atoms with Gasteiger partial charge in [0.25, 0.3) is 5.91 Å². The summed E-state index contributed by atoms with van der Waals surface area (Å²) in [4.78, 5) is 33.4. The van der Waals surface area contributed by atoms with Crippen molar-refractivity contribution in [2.45, 2.75) is 19.9 Å². The molecule has 27 heavy (non-hydrogen) atoms. The number of benzene rings is 1. The molecule has 1 fully saturated rings. The lowest BCUT2D eigenvalue weighted by Gasteiger charge is -2.39. The molecule has 1 aromatic heterocycles. The minimum absolute atomic E-state index is 0.132. The Kier molecular flexibility index (Phi) is 5.30. The Morgan fingerprint density at radius 1 is 1.19 bits per heavy atom. The van der Waals surface area contributed by atoms with Crippen molar-refractivity contribution in [3.63, 3.8) is 0 Å². The third-order valence-corrected chi connectivity index (χ3v) is 4.74. The molecule has 0 bridgehead atoms. The first-order chi connectivity index (χ1) is 13.0. The van der Waals surface area contributed by atoms with E-state index < -0.39 is 6.04 Å². The van der Waals surface area contributed by atoms with Gasteiger partial charge in [-0.15, -0.1) is 0 Å². The molecule has 0 radical (unpaired) electrons. The van der Waals surface area contributed by atoms with Crippen LogP contribution in [-0.4, -0.2) is 55.0 Å². The molecule has 1 saturated heterocycles. The summed E-state index contributed by atoms with van der Waals surface area (Å²) in [6, 6.07) is 8.45. The quantitative estimate of drug-likeness (QED) is 0.827. The molecule has 0 N–H and O–H groups in total. The first-order valence-corrected chi connectivity index (χ1v) is 8.73. The van der Waals surface area contributed by atoms with Gasteiger partial charge in [0, 0.05) is 30.5 Å². The first-order valence-electron chi connectivity index (χ1n) is 8.73. The van der Waals surface area contributed by atoms with E-state index in [4.69, 9.17) is 9.47 Å². The van der Waals surface area contributed by atoms with Gasteiger partial charge in [0.1, 0.15) is 17.5 Å². The largest absolute Gasteiger partial charge is 0.497 e. The van der Waals surface area contributed by atoms with E-state index >= 15 is 0 Å². The molecular formula is C20H23N3O4. The zero-order valence-corrected chi connectivity index (χ0v) is 15.9. The molecule has 3 rings (SSSR count). The molecule has 2 amide bonds. The van der Waals surface area contributed by atoms with Crippen molar-refractivity contribution in [2.75, 3.05) is 32.2 Å². The summed E-state index contributed by atoms with van der Waals surface area (Å²) in [6.07, 6.45) is 1.53. The molecule has 1 aliphatic heterocycles. The number of methoxy groups -OCH3 is 2. The van der Waals surface area contributed by atoms with E-state index in [0.29, 0.717) is 35.8 Å². The second-order valence-corrected chi connectivity index (χ2v) is 6.39. The zero-order valence-electron chi connectivity index (χ0n) is 15.9. The van der Waals surface area contributed by atoms with E-state index in [2.05, 4.69) is 4.98 Å². The van der Waals surface area contributed by atoms with Gasteiger partial charge in [0.2, 0.25) is 5.91 Å². The van der Waals surface area contributed by atoms with Crippen molar-refractivity contribution in [1.29, 1.82) is 0 Å². The van der Waals surface area contributed by atoms with Gasteiger partial charge in [-0.25, -0.2) is 0 Å². The maximum Gasteiger partial charge on any atom is 0.258 e. The van der Waals surface area contributed by atoms with Crippen molar-refractivity contribution >= 4 is 17.5 Å². The smallest absolute Gasteiger partial charge is 0.258 e. The number of amides is 2. The van der Waals surface area contributed by atoms with E-state index in [9.17, 15) is 9.59 Å². The van der Waals surface area contributed by atoms with Crippen molar-refractivity contribution in [1.82, 2.24) is 9.88 Å². The van der Waals surface area contributed by atoms with Crippen LogP contribution in [-0.2, 0) is 4.79 Å². The molecule has 2 heterocycles. The summed E-state index contributed by atoms with van der Waals surface area (Å²) in [5.74, 6) is 0.722. The summed E-state index contributed by atoms with van der Waals surface area (Å²) in [6.45, 7) is 4.39. The van der Waals surface area contributed by atoms with E-state index in [1.165, 1.54) is 13.3 Å². The molecule has 0 aliphatic carbocycles. The van der Waals surface area contributed by atoms with E-state index in [1.807, 2.05) is 31.2 Å². The number of anilines is 1. The predicted octanol–water partition coefficient (Wildman–Crippen LogP) is 2.28. The SMILES string of the molecule is COc1cccc(N2CCN(C(=O)c3cc(C)ncc3OC)C(C)C2=O)c1. The maximum atomic E-state index is 13.1. The third-order valence-electron chi connectivity index (χ3n) is 4.74. The average molecular weight is 369 g/mol. The fourth-order valence-corrected chi connectivity index (χ4v) is 3.21. The van der Waals surface area contributed by atoms with Gasteiger partial charge >= 0.3 is 0 Å². The number of carbonyl (C=O) groups is 2. The van der Waals surface area contributed by atoms with Crippen molar-refractivity contribution in [2.24, 2.45) is 0 Å². The number of hydrogen-bond donors (Lipinski definition) is 0. The van der Waals surface area contributed by atoms with E-state index in [0.717, 1.165) is 5.69 Å². The van der Waals surface area contributed by atoms with Crippen molar-refractivity contribution in [3.8, 4) is 11.5 Å². The Labute approximate surface area is 158 Å². The average Bonchev–Trinajstić information content (AvgIpc) is 2.69. The number of piperazine rings is 1. The van der Waals surface area contributed by atoms with Crippen LogP contribution in [0.3, 0.4) is 0 Å². The van der Waals surface area contributed by atoms with Gasteiger partial charge in [-0.3, -0.25) is 14.6 Å². The van der Waals surface area contributed by atoms with Crippen LogP contribution < -0.4 is 14.4 Å². The van der Waals surface area contributed by atoms with Crippen LogP contribution in [0, 0.1) is 6.92 Å². The van der Waals surface area contributed by atoms with Crippen LogP contribution in [0.2, 0.25) is 0 Å². The second-order valence-electron chi connectivity index (χ2n) is 6.39. The van der Waals surface area contributed by atoms with Gasteiger partial charge in [0.15, 0.2) is 0 Å². The fourth-order valence-electron chi connectivity index (χ4n) is 3.21. The number of aromatic nitrogens is 1. The molecule has 7 heteroatoms. The molecule has 2 aromatic rings. The normalized spacial score (nSPS) is 17.0. The summed E-state index contributed by atoms with van der Waals surface area (Å²) in [5.41, 5.74) is 1.89. The number of aryl methyl sites for hydroxylation is 1. The van der Waals surface area contributed by atoms with E-state index in [1.54, 1.807) is 29.9 Å². The molecule has 1 unspecified atom stereocenters. The lowest BCUT2D eigenvalue weighted by atomic mass is 10.1. The highest BCUT2D eigenvalue weighted by atomic mass is 16.5. The molecule has 0 saturated carbocycles. The highest BCUT2D eigenvalue weighted by molar-refractivity contribution is 6.04. The highest BCUT2D eigenvalue weighted by Crippen LogP contribution is 2.27. The molecule has 1 aromatic carbocycles. The van der Waals surface area contributed by atoms with Crippen LogP contribution in [0.4, 0.5) is 5.69 Å². The van der Waals surface area contributed by atoms with Gasteiger partial charge in [-0.05, 0) is 32.0 Å². The van der Waals surface area contributed by atoms with Gasteiger partial charge < -0.3 is 19.3 Å². The fraction of sp³-hybridized carbons (Fsp3) is 0.350. The minimum Gasteiger partial charge on any atom is -0.497 e. The van der Waals surface area contributed by atoms with Crippen LogP contribution in [0.15, 0.2) is 36.5 Å². The molecule has 1 atom stereocenters. The van der Waals surface area contributed by atoms with Gasteiger partial charge in [0.05, 0.1) is 26.0 Å². The lowest BCUT2D eigenvalue weighted by molar-refractivity contribution is -0.124. The van der Waals surface area contributed by atoms with Crippen LogP contribution in [0.1, 0.15) is 23.0 Å². The third kappa shape index (κ3) is 3.58. The number of hydrogen-bond acceptors (Lipinski definition) is 5. The number of nitrogens with zero attached hydrogens (tertiary/aromatic N) is 3. The van der Waals surface area contributed by atoms with Crippen LogP contribution in [0.25, 0.3) is 0 Å². The Bertz CT molecular complexity index is 868. The Morgan fingerprint density at radius 2 is 1.96 bits per heavy atom. The predicted molar refractivity (Wildman–Crippen MR) is 101 cm³/mol. The minimum atomic E-state index is -0.587. The number of carbonyl (C=O) groups excluding carboxylic acids is 2. The number of rotatable bonds is 4. The number of ether oxygens (including phenoxy) is 2. The molecule has 7 nitrogen and oxygen atoms in total. The summed E-state index contributed by atoms with van der Waals surface area (Å²) in [7, 11) is 3.09. The first kappa shape index (κ1) is 18.7. The Morgan fingerprint density at radius 3 is 2.67 bits per heavy atom. The maximum absolute atomic E-state index is 13.1. The zero-order chi connectivity index (χ0) is 19.6. The molecule has 142 valence electrons. The second kappa shape index (κ2) is 7.65. The highest BCUT2D eigenvalue weighted by Gasteiger charge is 2.36. The van der Waals surface area contributed by atoms with Crippen molar-refractivity contribution < 1.29 is 19.1 Å². The molecule has 1 aliphatic rings. The molecule has 0 spiro atoms. The standard InChI is InChI=1S/C20H23N3O4/c1-13-10-17(18(27-4)12-21-13)20(25)22-8-9-23(19(24)14(22)2)15-6-5-7-16(11-15)26-3/h5-7,10-12,14H,8-9H2,1-4H3. The summed E-state index contributed by atoms with van der Waals surface area (Å²) >= 11 is 0. The molecular weight excluding hydrogens is 346 g/mol. The van der Waals surface area contributed by atoms with Crippen molar-refractivity contribution in [3.05, 3.63) is 47.8 Å². The summed E-state index contributed by atoms with van der Waals surface area (Å²) < 4.78 is 10.5.